The third-order valence-electron chi connectivity index (χ3n) is 2.68. The molecule has 0 bridgehead atoms. The van der Waals surface area contributed by atoms with Gasteiger partial charge in [-0.15, -0.1) is 0 Å². The predicted octanol–water partition coefficient (Wildman–Crippen LogP) is 2.67. The number of hydrogen-bond donors (Lipinski definition) is 2. The van der Waals surface area contributed by atoms with Crippen LogP contribution in [0.3, 0.4) is 0 Å². The molecule has 1 unspecified atom stereocenters. The molecule has 4 nitrogen and oxygen atoms in total. The van der Waals surface area contributed by atoms with Crippen LogP contribution in [0.1, 0.15) is 25.0 Å². The molecule has 0 aliphatic heterocycles. The molecule has 1 rings (SSSR count). The highest BCUT2D eigenvalue weighted by Gasteiger charge is 2.21. The van der Waals surface area contributed by atoms with E-state index in [-0.39, 0.29) is 17.5 Å². The summed E-state index contributed by atoms with van der Waals surface area (Å²) in [7, 11) is -3.60. The topological polar surface area (TPSA) is 66.4 Å². The number of aliphatic hydroxyl groups is 1. The molecule has 0 heterocycles. The highest BCUT2D eigenvalue weighted by Crippen LogP contribution is 2.27. The molecule has 0 aromatic heterocycles. The Morgan fingerprint density at radius 2 is 2.10 bits per heavy atom. The number of aryl methyl sites for hydroxylation is 1. The Kier molecular flexibility index (Phi) is 7.00. The van der Waals surface area contributed by atoms with Crippen LogP contribution >= 0.6 is 27.7 Å². The zero-order valence-corrected chi connectivity index (χ0v) is 15.0. The molecule has 1 aromatic carbocycles. The van der Waals surface area contributed by atoms with Crippen molar-refractivity contribution in [1.29, 1.82) is 0 Å². The molecule has 114 valence electrons. The monoisotopic (exact) mass is 381 g/mol. The van der Waals surface area contributed by atoms with E-state index in [0.717, 1.165) is 17.1 Å². The smallest absolute Gasteiger partial charge is 0.241 e. The highest BCUT2D eigenvalue weighted by atomic mass is 79.9. The third kappa shape index (κ3) is 4.73. The predicted molar refractivity (Wildman–Crippen MR) is 87.6 cm³/mol. The van der Waals surface area contributed by atoms with E-state index in [0.29, 0.717) is 10.0 Å². The summed E-state index contributed by atoms with van der Waals surface area (Å²) in [4.78, 5) is 0.176. The van der Waals surface area contributed by atoms with E-state index in [9.17, 15) is 13.5 Å². The quantitative estimate of drug-likeness (QED) is 0.761. The van der Waals surface area contributed by atoms with Crippen LogP contribution in [-0.4, -0.2) is 31.1 Å². The molecule has 0 amide bonds. The van der Waals surface area contributed by atoms with Crippen LogP contribution in [0.4, 0.5) is 0 Å². The van der Waals surface area contributed by atoms with Gasteiger partial charge in [-0.05, 0) is 52.7 Å². The molecule has 1 atom stereocenters. The number of aliphatic hydroxyl groups excluding tert-OH is 1. The summed E-state index contributed by atoms with van der Waals surface area (Å²) in [5.74, 6) is 1.68. The van der Waals surface area contributed by atoms with Gasteiger partial charge in [0.25, 0.3) is 0 Å². The molecule has 1 aromatic rings. The Morgan fingerprint density at radius 3 is 2.65 bits per heavy atom. The number of rotatable bonds is 7. The van der Waals surface area contributed by atoms with E-state index >= 15 is 0 Å². The summed E-state index contributed by atoms with van der Waals surface area (Å²) in [5, 5.41) is 9.21. The van der Waals surface area contributed by atoms with E-state index < -0.39 is 10.0 Å². The van der Waals surface area contributed by atoms with Crippen LogP contribution in [0, 0.1) is 6.92 Å². The van der Waals surface area contributed by atoms with Crippen molar-refractivity contribution in [2.24, 2.45) is 0 Å². The SMILES string of the molecule is CCSCC(C)NS(=O)(=O)c1cc(CO)cc(C)c1Br. The fraction of sp³-hybridized carbons (Fsp3) is 0.538. The van der Waals surface area contributed by atoms with Gasteiger partial charge < -0.3 is 5.11 Å². The molecule has 0 radical (unpaired) electrons. The van der Waals surface area contributed by atoms with Gasteiger partial charge in [0.15, 0.2) is 0 Å². The second kappa shape index (κ2) is 7.79. The van der Waals surface area contributed by atoms with Crippen molar-refractivity contribution in [2.45, 2.75) is 38.3 Å². The second-order valence-electron chi connectivity index (χ2n) is 4.56. The van der Waals surface area contributed by atoms with Crippen LogP contribution in [0.25, 0.3) is 0 Å². The van der Waals surface area contributed by atoms with Crippen LogP contribution in [0.5, 0.6) is 0 Å². The molecule has 0 spiro atoms. The number of halogens is 1. The fourth-order valence-corrected chi connectivity index (χ4v) is 4.84. The van der Waals surface area contributed by atoms with Gasteiger partial charge in [0, 0.05) is 16.3 Å². The number of benzene rings is 1. The fourth-order valence-electron chi connectivity index (χ4n) is 1.75. The lowest BCUT2D eigenvalue weighted by Crippen LogP contribution is -2.34. The molecule has 0 fully saturated rings. The Hall–Kier alpha value is -0.0800. The molecule has 2 N–H and O–H groups in total. The van der Waals surface area contributed by atoms with Gasteiger partial charge in [-0.1, -0.05) is 13.0 Å². The second-order valence-corrected chi connectivity index (χ2v) is 8.36. The summed E-state index contributed by atoms with van der Waals surface area (Å²) in [6.07, 6.45) is 0. The van der Waals surface area contributed by atoms with Gasteiger partial charge in [-0.25, -0.2) is 13.1 Å². The minimum Gasteiger partial charge on any atom is -0.392 e. The Bertz CT molecular complexity index is 561. The average Bonchev–Trinajstić information content (AvgIpc) is 2.38. The number of thioether (sulfide) groups is 1. The van der Waals surface area contributed by atoms with Gasteiger partial charge in [0.1, 0.15) is 0 Å². The van der Waals surface area contributed by atoms with Gasteiger partial charge in [0.2, 0.25) is 10.0 Å². The van der Waals surface area contributed by atoms with Crippen molar-refractivity contribution in [2.75, 3.05) is 11.5 Å². The highest BCUT2D eigenvalue weighted by molar-refractivity contribution is 9.10. The van der Waals surface area contributed by atoms with Crippen molar-refractivity contribution in [3.05, 3.63) is 27.7 Å². The summed E-state index contributed by atoms with van der Waals surface area (Å²) >= 11 is 5.00. The number of nitrogens with one attached hydrogen (secondary N) is 1. The zero-order chi connectivity index (χ0) is 15.3. The van der Waals surface area contributed by atoms with Crippen molar-refractivity contribution in [1.82, 2.24) is 4.72 Å². The van der Waals surface area contributed by atoms with Gasteiger partial charge >= 0.3 is 0 Å². The lowest BCUT2D eigenvalue weighted by Gasteiger charge is -2.16. The van der Waals surface area contributed by atoms with Crippen molar-refractivity contribution in [3.63, 3.8) is 0 Å². The maximum atomic E-state index is 12.4. The minimum atomic E-state index is -3.60. The Morgan fingerprint density at radius 1 is 1.45 bits per heavy atom. The van der Waals surface area contributed by atoms with E-state index in [1.165, 1.54) is 6.07 Å². The summed E-state index contributed by atoms with van der Waals surface area (Å²) in [6.45, 7) is 5.50. The van der Waals surface area contributed by atoms with E-state index in [2.05, 4.69) is 20.7 Å². The van der Waals surface area contributed by atoms with Crippen molar-refractivity contribution in [3.8, 4) is 0 Å². The molecule has 0 saturated heterocycles. The lowest BCUT2D eigenvalue weighted by atomic mass is 10.1. The maximum absolute atomic E-state index is 12.4. The van der Waals surface area contributed by atoms with Crippen molar-refractivity contribution < 1.29 is 13.5 Å². The van der Waals surface area contributed by atoms with Crippen molar-refractivity contribution >= 4 is 37.7 Å². The normalized spacial score (nSPS) is 13.4. The standard InChI is InChI=1S/C13H20BrNO3S2/c1-4-19-8-10(3)15-20(17,18)12-6-11(7-16)5-9(2)13(12)14/h5-6,10,15-16H,4,7-8H2,1-3H3. The van der Waals surface area contributed by atoms with Gasteiger partial charge in [0.05, 0.1) is 11.5 Å². The maximum Gasteiger partial charge on any atom is 0.241 e. The molecule has 0 aliphatic carbocycles. The average molecular weight is 382 g/mol. The molecule has 20 heavy (non-hydrogen) atoms. The first-order chi connectivity index (χ1) is 9.31. The van der Waals surface area contributed by atoms with E-state index in [1.54, 1.807) is 24.8 Å². The van der Waals surface area contributed by atoms with Gasteiger partial charge in [-0.2, -0.15) is 11.8 Å². The number of hydrogen-bond acceptors (Lipinski definition) is 4. The lowest BCUT2D eigenvalue weighted by molar-refractivity contribution is 0.281. The zero-order valence-electron chi connectivity index (χ0n) is 11.8. The molecule has 0 saturated carbocycles. The third-order valence-corrected chi connectivity index (χ3v) is 6.75. The Balaban J connectivity index is 3.06. The van der Waals surface area contributed by atoms with E-state index in [4.69, 9.17) is 0 Å². The first-order valence-corrected chi connectivity index (χ1v) is 9.74. The van der Waals surface area contributed by atoms with Crippen LogP contribution in [-0.2, 0) is 16.6 Å². The molecule has 0 aliphatic rings. The molecular weight excluding hydrogens is 362 g/mol. The Labute approximate surface area is 133 Å². The molecular formula is C13H20BrNO3S2. The van der Waals surface area contributed by atoms with E-state index in [1.807, 2.05) is 13.8 Å². The first-order valence-electron chi connectivity index (χ1n) is 6.31. The summed E-state index contributed by atoms with van der Waals surface area (Å²) in [6, 6.07) is 3.12. The van der Waals surface area contributed by atoms with Crippen LogP contribution in [0.15, 0.2) is 21.5 Å². The largest absolute Gasteiger partial charge is 0.392 e. The number of sulfonamides is 1. The summed E-state index contributed by atoms with van der Waals surface area (Å²) < 4.78 is 28.0. The minimum absolute atomic E-state index is 0.144. The first kappa shape index (κ1) is 18.0. The summed E-state index contributed by atoms with van der Waals surface area (Å²) in [5.41, 5.74) is 1.37. The molecule has 7 heteroatoms. The van der Waals surface area contributed by atoms with Crippen LogP contribution < -0.4 is 4.72 Å². The van der Waals surface area contributed by atoms with Crippen LogP contribution in [0.2, 0.25) is 0 Å². The van der Waals surface area contributed by atoms with Gasteiger partial charge in [-0.3, -0.25) is 0 Å².